The number of rotatable bonds is 3. The van der Waals surface area contributed by atoms with E-state index in [4.69, 9.17) is 4.74 Å². The SMILES string of the molecule is COC1(C(O)c2ccccc2F)CCC(C)CC1. The Labute approximate surface area is 108 Å². The van der Waals surface area contributed by atoms with E-state index < -0.39 is 11.7 Å². The van der Waals surface area contributed by atoms with Crippen LogP contribution in [0.2, 0.25) is 0 Å². The topological polar surface area (TPSA) is 29.5 Å². The number of hydrogen-bond donors (Lipinski definition) is 1. The van der Waals surface area contributed by atoms with Crippen molar-refractivity contribution >= 4 is 0 Å². The summed E-state index contributed by atoms with van der Waals surface area (Å²) in [6, 6.07) is 6.40. The Balaban J connectivity index is 2.25. The molecule has 0 bridgehead atoms. The van der Waals surface area contributed by atoms with E-state index in [0.717, 1.165) is 25.7 Å². The van der Waals surface area contributed by atoms with Crippen LogP contribution in [0.5, 0.6) is 0 Å². The van der Waals surface area contributed by atoms with Gasteiger partial charge in [-0.2, -0.15) is 0 Å². The molecule has 1 unspecified atom stereocenters. The van der Waals surface area contributed by atoms with Crippen LogP contribution in [0.3, 0.4) is 0 Å². The standard InChI is InChI=1S/C15H21FO2/c1-11-7-9-15(18-2,10-8-11)14(17)12-5-3-4-6-13(12)16/h3-6,11,14,17H,7-10H2,1-2H3. The normalized spacial score (nSPS) is 30.1. The molecule has 1 fully saturated rings. The van der Waals surface area contributed by atoms with Crippen LogP contribution in [0.15, 0.2) is 24.3 Å². The highest BCUT2D eigenvalue weighted by Crippen LogP contribution is 2.43. The van der Waals surface area contributed by atoms with Crippen LogP contribution in [0.25, 0.3) is 0 Å². The first-order valence-electron chi connectivity index (χ1n) is 6.57. The van der Waals surface area contributed by atoms with E-state index in [1.807, 2.05) is 0 Å². The summed E-state index contributed by atoms with van der Waals surface area (Å²) in [6.45, 7) is 2.20. The molecule has 0 aromatic heterocycles. The number of methoxy groups -OCH3 is 1. The first-order chi connectivity index (χ1) is 8.59. The van der Waals surface area contributed by atoms with Gasteiger partial charge in [-0.25, -0.2) is 4.39 Å². The lowest BCUT2D eigenvalue weighted by molar-refractivity contribution is -0.131. The van der Waals surface area contributed by atoms with Crippen LogP contribution >= 0.6 is 0 Å². The van der Waals surface area contributed by atoms with E-state index in [1.54, 1.807) is 25.3 Å². The van der Waals surface area contributed by atoms with Gasteiger partial charge in [-0.05, 0) is 37.7 Å². The zero-order chi connectivity index (χ0) is 13.2. The fraction of sp³-hybridized carbons (Fsp3) is 0.600. The quantitative estimate of drug-likeness (QED) is 0.892. The molecule has 0 radical (unpaired) electrons. The molecule has 1 N–H and O–H groups in total. The van der Waals surface area contributed by atoms with Gasteiger partial charge in [0, 0.05) is 12.7 Å². The number of aliphatic hydroxyl groups is 1. The van der Waals surface area contributed by atoms with Gasteiger partial charge in [-0.3, -0.25) is 0 Å². The molecular formula is C15H21FO2. The molecule has 0 heterocycles. The summed E-state index contributed by atoms with van der Waals surface area (Å²) in [5.74, 6) is 0.293. The Morgan fingerprint density at radius 3 is 2.50 bits per heavy atom. The van der Waals surface area contributed by atoms with Crippen LogP contribution < -0.4 is 0 Å². The van der Waals surface area contributed by atoms with Crippen molar-refractivity contribution in [3.63, 3.8) is 0 Å². The molecule has 0 aliphatic heterocycles. The van der Waals surface area contributed by atoms with Crippen molar-refractivity contribution < 1.29 is 14.2 Å². The van der Waals surface area contributed by atoms with Gasteiger partial charge in [0.25, 0.3) is 0 Å². The van der Waals surface area contributed by atoms with Crippen molar-refractivity contribution in [3.05, 3.63) is 35.6 Å². The van der Waals surface area contributed by atoms with Crippen LogP contribution in [0.4, 0.5) is 4.39 Å². The Morgan fingerprint density at radius 2 is 1.94 bits per heavy atom. The van der Waals surface area contributed by atoms with Crippen LogP contribution in [0, 0.1) is 11.7 Å². The second kappa shape index (κ2) is 5.37. The molecule has 0 amide bonds. The van der Waals surface area contributed by atoms with Crippen molar-refractivity contribution in [3.8, 4) is 0 Å². The van der Waals surface area contributed by atoms with Crippen molar-refractivity contribution in [2.24, 2.45) is 5.92 Å². The minimum Gasteiger partial charge on any atom is -0.385 e. The maximum atomic E-state index is 13.8. The fourth-order valence-corrected chi connectivity index (χ4v) is 2.82. The lowest BCUT2D eigenvalue weighted by Gasteiger charge is -2.41. The predicted octanol–water partition coefficient (Wildman–Crippen LogP) is 3.45. The highest BCUT2D eigenvalue weighted by atomic mass is 19.1. The van der Waals surface area contributed by atoms with E-state index in [2.05, 4.69) is 6.92 Å². The summed E-state index contributed by atoms with van der Waals surface area (Å²) in [5, 5.41) is 10.5. The summed E-state index contributed by atoms with van der Waals surface area (Å²) >= 11 is 0. The second-order valence-electron chi connectivity index (χ2n) is 5.38. The van der Waals surface area contributed by atoms with Crippen LogP contribution in [0.1, 0.15) is 44.3 Å². The zero-order valence-corrected chi connectivity index (χ0v) is 11.0. The lowest BCUT2D eigenvalue weighted by Crippen LogP contribution is -2.42. The maximum absolute atomic E-state index is 13.8. The molecule has 0 spiro atoms. The number of aliphatic hydroxyl groups excluding tert-OH is 1. The molecule has 100 valence electrons. The van der Waals surface area contributed by atoms with E-state index in [0.29, 0.717) is 11.5 Å². The third-order valence-corrected chi connectivity index (χ3v) is 4.23. The molecule has 1 aliphatic carbocycles. The molecule has 1 aliphatic rings. The average Bonchev–Trinajstić information content (AvgIpc) is 2.40. The number of hydrogen-bond acceptors (Lipinski definition) is 2. The summed E-state index contributed by atoms with van der Waals surface area (Å²) in [7, 11) is 1.61. The molecule has 0 saturated heterocycles. The van der Waals surface area contributed by atoms with Gasteiger partial charge in [0.15, 0.2) is 0 Å². The van der Waals surface area contributed by atoms with Gasteiger partial charge in [-0.1, -0.05) is 25.1 Å². The largest absolute Gasteiger partial charge is 0.385 e. The van der Waals surface area contributed by atoms with Gasteiger partial charge in [-0.15, -0.1) is 0 Å². The molecule has 1 aromatic rings. The molecule has 2 rings (SSSR count). The molecule has 1 atom stereocenters. The van der Waals surface area contributed by atoms with E-state index >= 15 is 0 Å². The minimum atomic E-state index is -0.892. The van der Waals surface area contributed by atoms with Gasteiger partial charge in [0.1, 0.15) is 11.9 Å². The molecular weight excluding hydrogens is 231 g/mol. The summed E-state index contributed by atoms with van der Waals surface area (Å²) in [5.41, 5.74) is -0.289. The highest BCUT2D eigenvalue weighted by Gasteiger charge is 2.42. The molecule has 18 heavy (non-hydrogen) atoms. The molecule has 2 nitrogen and oxygen atoms in total. The minimum absolute atomic E-state index is 0.342. The monoisotopic (exact) mass is 252 g/mol. The highest BCUT2D eigenvalue weighted by molar-refractivity contribution is 5.23. The first-order valence-corrected chi connectivity index (χ1v) is 6.57. The molecule has 1 saturated carbocycles. The molecule has 1 aromatic carbocycles. The van der Waals surface area contributed by atoms with Crippen LogP contribution in [-0.4, -0.2) is 17.8 Å². The summed E-state index contributed by atoms with van der Waals surface area (Å²) < 4.78 is 19.3. The first kappa shape index (κ1) is 13.5. The van der Waals surface area contributed by atoms with Gasteiger partial charge >= 0.3 is 0 Å². The Hall–Kier alpha value is -0.930. The average molecular weight is 252 g/mol. The Morgan fingerprint density at radius 1 is 1.33 bits per heavy atom. The third kappa shape index (κ3) is 2.43. The van der Waals surface area contributed by atoms with Gasteiger partial charge in [0.05, 0.1) is 5.60 Å². The number of ether oxygens (including phenoxy) is 1. The van der Waals surface area contributed by atoms with Crippen LogP contribution in [-0.2, 0) is 4.74 Å². The third-order valence-electron chi connectivity index (χ3n) is 4.23. The van der Waals surface area contributed by atoms with E-state index in [1.165, 1.54) is 6.07 Å². The van der Waals surface area contributed by atoms with E-state index in [-0.39, 0.29) is 5.82 Å². The smallest absolute Gasteiger partial charge is 0.129 e. The Bertz CT molecular complexity index is 397. The Kier molecular flexibility index (Phi) is 4.03. The number of halogens is 1. The van der Waals surface area contributed by atoms with Crippen molar-refractivity contribution in [1.82, 2.24) is 0 Å². The zero-order valence-electron chi connectivity index (χ0n) is 11.0. The van der Waals surface area contributed by atoms with Gasteiger partial charge < -0.3 is 9.84 Å². The van der Waals surface area contributed by atoms with Gasteiger partial charge in [0.2, 0.25) is 0 Å². The second-order valence-corrected chi connectivity index (χ2v) is 5.38. The van der Waals surface area contributed by atoms with Crippen molar-refractivity contribution in [2.75, 3.05) is 7.11 Å². The predicted molar refractivity (Wildman–Crippen MR) is 68.7 cm³/mol. The van der Waals surface area contributed by atoms with Crippen molar-refractivity contribution in [2.45, 2.75) is 44.3 Å². The maximum Gasteiger partial charge on any atom is 0.129 e. The molecule has 3 heteroatoms. The number of benzene rings is 1. The lowest BCUT2D eigenvalue weighted by atomic mass is 9.74. The summed E-state index contributed by atoms with van der Waals surface area (Å²) in [4.78, 5) is 0. The van der Waals surface area contributed by atoms with E-state index in [9.17, 15) is 9.50 Å². The fourth-order valence-electron chi connectivity index (χ4n) is 2.82. The van der Waals surface area contributed by atoms with Crippen molar-refractivity contribution in [1.29, 1.82) is 0 Å². The summed E-state index contributed by atoms with van der Waals surface area (Å²) in [6.07, 6.45) is 2.69.